The molecule has 0 amide bonds. The van der Waals surface area contributed by atoms with Crippen LogP contribution in [0.1, 0.15) is 114 Å². The molecule has 17 nitrogen and oxygen atoms in total. The van der Waals surface area contributed by atoms with Crippen LogP contribution in [0.5, 0.6) is 34.5 Å². The SMILES string of the molecule is BrCC1CCCCC1.CC1OCc2c1c1ncnc(N)c1n2-c1ccc(Oc2cccc(O)c2)cc1.CC1OCc2c1c1ncnc(N)c1n2-c1ccc(Oc2cccc(OCC3CCCCC3)c2)cc1.O=CO[O-].[H-].[K+].[K+]. The summed E-state index contributed by atoms with van der Waals surface area (Å²) in [6.45, 7) is 5.66. The first-order valence-electron chi connectivity index (χ1n) is 25.5. The van der Waals surface area contributed by atoms with Gasteiger partial charge in [0, 0.05) is 40.0 Å². The Labute approximate surface area is 543 Å². The Bertz CT molecular complexity index is 3200. The normalized spacial score (nSPS) is 16.6. The van der Waals surface area contributed by atoms with Crippen molar-refractivity contribution in [2.75, 3.05) is 23.4 Å². The van der Waals surface area contributed by atoms with E-state index in [9.17, 15) is 5.11 Å². The number of hydrogen-bond donors (Lipinski definition) is 3. The first kappa shape index (κ1) is 60.7. The molecule has 0 bridgehead atoms. The Morgan fingerprint density at radius 1 is 0.649 bits per heavy atom. The van der Waals surface area contributed by atoms with Gasteiger partial charge in [-0.25, -0.2) is 19.9 Å². The van der Waals surface area contributed by atoms with Crippen molar-refractivity contribution in [3.63, 3.8) is 0 Å². The number of fused-ring (bicyclic) bond motifs is 6. The first-order chi connectivity index (χ1) is 36.6. The maximum absolute atomic E-state index is 9.58. The number of anilines is 2. The summed E-state index contributed by atoms with van der Waals surface area (Å²) in [6.07, 6.45) is 16.8. The Kier molecular flexibility index (Phi) is 23.2. The van der Waals surface area contributed by atoms with E-state index >= 15 is 0 Å². The van der Waals surface area contributed by atoms with Crippen molar-refractivity contribution in [1.82, 2.24) is 29.1 Å². The number of carbonyl (C=O) groups excluding carboxylic acids is 1. The number of nitrogens with zero attached hydrogens (tertiary/aromatic N) is 6. The van der Waals surface area contributed by atoms with Crippen LogP contribution in [0.25, 0.3) is 33.4 Å². The third-order valence-electron chi connectivity index (χ3n) is 14.1. The van der Waals surface area contributed by atoms with Crippen molar-refractivity contribution in [1.29, 1.82) is 0 Å². The number of halogens is 1. The number of phenolic OH excluding ortho intramolecular Hbond substituents is 1. The van der Waals surface area contributed by atoms with Crippen LogP contribution in [-0.2, 0) is 32.4 Å². The first-order valence-corrected chi connectivity index (χ1v) is 26.6. The summed E-state index contributed by atoms with van der Waals surface area (Å²) < 4.78 is 33.9. The zero-order valence-corrected chi connectivity index (χ0v) is 51.9. The van der Waals surface area contributed by atoms with Gasteiger partial charge in [-0.2, -0.15) is 0 Å². The zero-order chi connectivity index (χ0) is 52.3. The van der Waals surface area contributed by atoms with Crippen molar-refractivity contribution in [2.45, 2.75) is 103 Å². The van der Waals surface area contributed by atoms with Crippen LogP contribution in [0.3, 0.4) is 0 Å². The smallest absolute Gasteiger partial charge is 1.00 e. The van der Waals surface area contributed by atoms with E-state index in [1.54, 1.807) is 24.3 Å². The fraction of sp³-hybridized carbons (Fsp3) is 0.351. The summed E-state index contributed by atoms with van der Waals surface area (Å²) in [5.41, 5.74) is 21.9. The molecule has 2 saturated carbocycles. The zero-order valence-electron chi connectivity index (χ0n) is 45.1. The number of aromatic nitrogens is 6. The number of nitrogens with two attached hydrogens (primary N) is 2. The molecule has 394 valence electrons. The van der Waals surface area contributed by atoms with Crippen LogP contribution < -0.4 is 134 Å². The van der Waals surface area contributed by atoms with Gasteiger partial charge in [0.2, 0.25) is 0 Å². The largest absolute Gasteiger partial charge is 1.00 e. The fourth-order valence-electron chi connectivity index (χ4n) is 10.4. The average Bonchev–Trinajstić information content (AvgIpc) is 4.34. The molecule has 77 heavy (non-hydrogen) atoms. The number of rotatable bonds is 11. The summed E-state index contributed by atoms with van der Waals surface area (Å²) in [5.74, 6) is 6.32. The van der Waals surface area contributed by atoms with Gasteiger partial charge in [-0.3, -0.25) is 4.79 Å². The molecule has 0 spiro atoms. The van der Waals surface area contributed by atoms with Gasteiger partial charge in [0.1, 0.15) is 69.2 Å². The monoisotopic (exact) mass is 1160 g/mol. The molecule has 20 heteroatoms. The van der Waals surface area contributed by atoms with Gasteiger partial charge in [0.15, 0.2) is 11.6 Å². The van der Waals surface area contributed by atoms with E-state index in [1.165, 1.54) is 82.2 Å². The Morgan fingerprint density at radius 2 is 1.09 bits per heavy atom. The molecule has 2 aliphatic carbocycles. The van der Waals surface area contributed by atoms with E-state index in [2.05, 4.69) is 49.9 Å². The number of phenols is 1. The van der Waals surface area contributed by atoms with Crippen LogP contribution in [0.4, 0.5) is 11.6 Å². The maximum atomic E-state index is 9.58. The molecule has 0 saturated heterocycles. The number of alkyl halides is 1. The number of nitrogen functional groups attached to an aromatic ring is 2. The Balaban J connectivity index is 0.000000205. The predicted molar refractivity (Wildman–Crippen MR) is 288 cm³/mol. The molecule has 6 heterocycles. The third-order valence-corrected chi connectivity index (χ3v) is 15.0. The summed E-state index contributed by atoms with van der Waals surface area (Å²) in [4.78, 5) is 28.6. The molecule has 12 rings (SSSR count). The Hall–Kier alpha value is -3.98. The van der Waals surface area contributed by atoms with Crippen LogP contribution in [-0.4, -0.2) is 52.6 Å². The minimum atomic E-state index is -0.181. The maximum Gasteiger partial charge on any atom is 1.00 e. The van der Waals surface area contributed by atoms with E-state index in [0.717, 1.165) is 85.7 Å². The third kappa shape index (κ3) is 14.9. The molecule has 2 aliphatic heterocycles. The van der Waals surface area contributed by atoms with Gasteiger partial charge in [-0.15, -0.1) is 0 Å². The minimum absolute atomic E-state index is 0. The summed E-state index contributed by atoms with van der Waals surface area (Å²) in [6, 6.07) is 30.2. The number of hydrogen-bond acceptors (Lipinski definition) is 15. The van der Waals surface area contributed by atoms with Gasteiger partial charge in [0.05, 0.1) is 43.4 Å². The Morgan fingerprint density at radius 3 is 1.53 bits per heavy atom. The molecule has 0 radical (unpaired) electrons. The predicted octanol–water partition coefficient (Wildman–Crippen LogP) is 5.95. The summed E-state index contributed by atoms with van der Waals surface area (Å²) in [5, 5.41) is 19.2. The van der Waals surface area contributed by atoms with E-state index in [-0.39, 0.29) is 129 Å². The topological polar surface area (TPSA) is 229 Å². The molecule has 4 aromatic heterocycles. The van der Waals surface area contributed by atoms with Crippen molar-refractivity contribution in [2.24, 2.45) is 11.8 Å². The van der Waals surface area contributed by atoms with Crippen LogP contribution in [0, 0.1) is 11.8 Å². The number of ether oxygens (including phenoxy) is 5. The standard InChI is InChI=1S/C28H30N4O3.C21H18N4O3.C7H13Br.CH2O3.2K.H/c1-18-25-24(16-33-18)32(27-26(25)30-17-31-28(27)29)20-10-12-21(13-11-20)35-23-9-5-8-22(14-23)34-15-19-6-3-2-4-7-19;1-12-18-17(10-27-12)25(20-19(18)23-11-24-21(20)22)13-5-7-15(8-6-13)28-16-4-2-3-14(26)9-16;8-6-7-4-2-1-3-5-7;2-1-4-3;;;/h5,8-14,17-19H,2-4,6-7,15-16H2,1H3,(H2,29,30,31);2-9,11-12,26H,10H2,1H3,(H2,22,23,24);7H,1-6H2;1,3H;;;/q;;;;2*+1;-1/p-1. The van der Waals surface area contributed by atoms with Gasteiger partial charge in [-0.1, -0.05) is 66.6 Å². The van der Waals surface area contributed by atoms with E-state index in [1.807, 2.05) is 86.6 Å². The minimum Gasteiger partial charge on any atom is -1.00 e. The van der Waals surface area contributed by atoms with E-state index in [0.29, 0.717) is 42.3 Å². The average molecular weight is 1160 g/mol. The van der Waals surface area contributed by atoms with E-state index < -0.39 is 0 Å². The molecular weight excluding hydrogens is 1100 g/mol. The molecule has 2 fully saturated rings. The second-order valence-corrected chi connectivity index (χ2v) is 19.7. The molecule has 2 unspecified atom stereocenters. The number of carbonyl (C=O) groups is 1. The fourth-order valence-corrected chi connectivity index (χ4v) is 11.0. The summed E-state index contributed by atoms with van der Waals surface area (Å²) in [7, 11) is 0. The second-order valence-electron chi connectivity index (χ2n) is 19.0. The molecule has 2 atom stereocenters. The van der Waals surface area contributed by atoms with Crippen molar-refractivity contribution >= 4 is 56.1 Å². The van der Waals surface area contributed by atoms with Gasteiger partial charge >= 0.3 is 103 Å². The second kappa shape index (κ2) is 29.5. The number of benzene rings is 4. The van der Waals surface area contributed by atoms with Crippen molar-refractivity contribution < 1.29 is 148 Å². The van der Waals surface area contributed by atoms with Gasteiger partial charge < -0.3 is 61.0 Å². The van der Waals surface area contributed by atoms with Crippen molar-refractivity contribution in [3.8, 4) is 45.9 Å². The quantitative estimate of drug-likeness (QED) is 0.0447. The number of aromatic hydroxyl groups is 1. The molecule has 4 aliphatic rings. The molecular formula is C57H63BrK2N8O9. The van der Waals surface area contributed by atoms with Gasteiger partial charge in [-0.05, 0) is 124 Å². The van der Waals surface area contributed by atoms with Crippen LogP contribution in [0.2, 0.25) is 0 Å². The molecule has 5 N–H and O–H groups in total. The summed E-state index contributed by atoms with van der Waals surface area (Å²) >= 11 is 3.51. The van der Waals surface area contributed by atoms with Gasteiger partial charge in [0.25, 0.3) is 6.47 Å². The van der Waals surface area contributed by atoms with Crippen LogP contribution in [0.15, 0.2) is 110 Å². The van der Waals surface area contributed by atoms with E-state index in [4.69, 9.17) is 45.2 Å². The van der Waals surface area contributed by atoms with Crippen molar-refractivity contribution in [3.05, 3.63) is 132 Å². The van der Waals surface area contributed by atoms with Crippen LogP contribution >= 0.6 is 15.9 Å². The molecule has 8 aromatic rings. The molecule has 4 aromatic carbocycles.